The van der Waals surface area contributed by atoms with Crippen LogP contribution in [0.25, 0.3) is 0 Å². The lowest BCUT2D eigenvalue weighted by Crippen LogP contribution is -2.34. The first-order valence-corrected chi connectivity index (χ1v) is 24.2. The number of esters is 2. The van der Waals surface area contributed by atoms with Gasteiger partial charge in [-0.1, -0.05) is 180 Å². The van der Waals surface area contributed by atoms with Crippen molar-refractivity contribution in [3.8, 4) is 0 Å². The molecule has 1 unspecified atom stereocenters. The minimum Gasteiger partial charge on any atom is -0.480 e. The molecule has 0 aromatic carbocycles. The van der Waals surface area contributed by atoms with Gasteiger partial charge in [0.15, 0.2) is 6.10 Å². The van der Waals surface area contributed by atoms with Gasteiger partial charge in [-0.25, -0.2) is 4.57 Å². The molecule has 0 rings (SSSR count). The number of carbonyl (C=O) groups excluding carboxylic acids is 2. The van der Waals surface area contributed by atoms with E-state index in [2.05, 4.69) is 30.5 Å². The van der Waals surface area contributed by atoms with E-state index in [4.69, 9.17) is 24.8 Å². The van der Waals surface area contributed by atoms with Gasteiger partial charge in [0, 0.05) is 12.8 Å². The summed E-state index contributed by atoms with van der Waals surface area (Å²) in [6.07, 6.45) is 39.9. The molecular weight excluding hydrogens is 733 g/mol. The summed E-state index contributed by atoms with van der Waals surface area (Å²) in [4.78, 5) is 46.0. The van der Waals surface area contributed by atoms with E-state index >= 15 is 0 Å². The molecule has 0 aliphatic heterocycles. The zero-order valence-corrected chi connectivity index (χ0v) is 36.6. The van der Waals surface area contributed by atoms with Crippen molar-refractivity contribution in [2.45, 2.75) is 231 Å². The lowest BCUT2D eigenvalue weighted by atomic mass is 10.0. The summed E-state index contributed by atoms with van der Waals surface area (Å²) < 4.78 is 32.7. The third kappa shape index (κ3) is 39.1. The fourth-order valence-electron chi connectivity index (χ4n) is 6.41. The molecule has 0 amide bonds. The number of hydrogen-bond acceptors (Lipinski definition) is 9. The number of phosphoric acid groups is 1. The summed E-state index contributed by atoms with van der Waals surface area (Å²) in [5, 5.41) is 8.89. The number of carboxylic acid groups (broad SMARTS) is 1. The van der Waals surface area contributed by atoms with Gasteiger partial charge in [-0.2, -0.15) is 0 Å². The summed E-state index contributed by atoms with van der Waals surface area (Å²) >= 11 is 0. The van der Waals surface area contributed by atoms with Crippen molar-refractivity contribution < 1.29 is 47.5 Å². The van der Waals surface area contributed by atoms with E-state index in [1.807, 2.05) is 0 Å². The lowest BCUT2D eigenvalue weighted by molar-refractivity contribution is -0.161. The molecule has 3 atom stereocenters. The fourth-order valence-corrected chi connectivity index (χ4v) is 7.19. The van der Waals surface area contributed by atoms with Gasteiger partial charge in [0.05, 0.1) is 13.2 Å². The van der Waals surface area contributed by atoms with Crippen LogP contribution >= 0.6 is 7.82 Å². The fraction of sp³-hybridized carbons (Fsp3) is 0.886. The molecule has 0 bridgehead atoms. The van der Waals surface area contributed by atoms with Crippen LogP contribution in [0.3, 0.4) is 0 Å². The molecule has 0 aromatic heterocycles. The van der Waals surface area contributed by atoms with Gasteiger partial charge >= 0.3 is 25.7 Å². The third-order valence-corrected chi connectivity index (χ3v) is 11.0. The van der Waals surface area contributed by atoms with Crippen LogP contribution in [0.5, 0.6) is 0 Å². The maximum atomic E-state index is 12.6. The monoisotopic (exact) mass is 818 g/mol. The minimum atomic E-state index is -4.71. The molecule has 0 radical (unpaired) electrons. The molecule has 0 aliphatic carbocycles. The van der Waals surface area contributed by atoms with Crippen LogP contribution in [0.4, 0.5) is 0 Å². The maximum Gasteiger partial charge on any atom is 0.472 e. The van der Waals surface area contributed by atoms with E-state index in [0.29, 0.717) is 12.8 Å². The molecule has 11 nitrogen and oxygen atoms in total. The Labute approximate surface area is 341 Å². The number of carboxylic acids is 1. The number of allylic oxidation sites excluding steroid dienone is 2. The van der Waals surface area contributed by atoms with E-state index in [1.165, 1.54) is 122 Å². The van der Waals surface area contributed by atoms with E-state index < -0.39 is 51.1 Å². The van der Waals surface area contributed by atoms with Crippen molar-refractivity contribution in [2.24, 2.45) is 5.73 Å². The number of nitrogens with two attached hydrogens (primary N) is 1. The molecule has 0 saturated carbocycles. The standard InChI is InChI=1S/C44H84NO10P/c1-3-5-7-9-11-13-15-17-19-20-21-22-24-26-28-30-32-34-36-43(47)55-40(38-53-56(50,51)54-39-41(45)44(48)49)37-52-42(46)35-33-31-29-27-25-23-18-16-14-12-10-8-6-4-2/h16,18,40-41H,3-15,17,19-39,45H2,1-2H3,(H,48,49)(H,50,51)/b18-16+/t40-,41+/m1/s1. The van der Waals surface area contributed by atoms with Crippen molar-refractivity contribution in [1.29, 1.82) is 0 Å². The highest BCUT2D eigenvalue weighted by Crippen LogP contribution is 2.43. The Morgan fingerprint density at radius 2 is 0.893 bits per heavy atom. The summed E-state index contributed by atoms with van der Waals surface area (Å²) in [6, 6.07) is -1.52. The second-order valence-electron chi connectivity index (χ2n) is 15.5. The minimum absolute atomic E-state index is 0.165. The second-order valence-corrected chi connectivity index (χ2v) is 17.0. The smallest absolute Gasteiger partial charge is 0.472 e. The van der Waals surface area contributed by atoms with Gasteiger partial charge in [-0.3, -0.25) is 23.4 Å². The van der Waals surface area contributed by atoms with Crippen LogP contribution in [0.15, 0.2) is 12.2 Å². The SMILES string of the molecule is CCCCCCC/C=C/CCCCCCCC(=O)OC[C@H](COP(=O)(O)OC[C@H](N)C(=O)O)OC(=O)CCCCCCCCCCCCCCCCCCCC. The van der Waals surface area contributed by atoms with Crippen molar-refractivity contribution in [3.63, 3.8) is 0 Å². The van der Waals surface area contributed by atoms with Gasteiger partial charge in [-0.05, 0) is 38.5 Å². The first-order valence-electron chi connectivity index (χ1n) is 22.7. The second kappa shape index (κ2) is 40.0. The predicted molar refractivity (Wildman–Crippen MR) is 226 cm³/mol. The Bertz CT molecular complexity index is 1010. The highest BCUT2D eigenvalue weighted by Gasteiger charge is 2.28. The first-order chi connectivity index (χ1) is 27.1. The predicted octanol–water partition coefficient (Wildman–Crippen LogP) is 12.1. The maximum absolute atomic E-state index is 12.6. The van der Waals surface area contributed by atoms with Crippen molar-refractivity contribution >= 4 is 25.7 Å². The summed E-state index contributed by atoms with van der Waals surface area (Å²) in [5.74, 6) is -2.37. The average molecular weight is 818 g/mol. The highest BCUT2D eigenvalue weighted by molar-refractivity contribution is 7.47. The molecule has 56 heavy (non-hydrogen) atoms. The Balaban J connectivity index is 4.30. The largest absolute Gasteiger partial charge is 0.480 e. The molecule has 0 heterocycles. The summed E-state index contributed by atoms with van der Waals surface area (Å²) in [6.45, 7) is 2.81. The topological polar surface area (TPSA) is 172 Å². The molecule has 12 heteroatoms. The van der Waals surface area contributed by atoms with E-state index in [0.717, 1.165) is 57.8 Å². The quantitative estimate of drug-likeness (QED) is 0.0231. The molecular formula is C44H84NO10P. The van der Waals surface area contributed by atoms with Gasteiger partial charge in [0.2, 0.25) is 0 Å². The Morgan fingerprint density at radius 3 is 1.30 bits per heavy atom. The highest BCUT2D eigenvalue weighted by atomic mass is 31.2. The van der Waals surface area contributed by atoms with Crippen LogP contribution in [0.2, 0.25) is 0 Å². The molecule has 0 spiro atoms. The third-order valence-electron chi connectivity index (χ3n) is 10.0. The zero-order chi connectivity index (χ0) is 41.4. The number of aliphatic carboxylic acids is 1. The molecule has 0 aromatic rings. The number of hydrogen-bond donors (Lipinski definition) is 3. The normalized spacial score (nSPS) is 13.8. The first kappa shape index (κ1) is 54.2. The number of carbonyl (C=O) groups is 3. The van der Waals surface area contributed by atoms with Gasteiger partial charge < -0.3 is 25.2 Å². The Morgan fingerprint density at radius 1 is 0.536 bits per heavy atom. The Kier molecular flexibility index (Phi) is 38.7. The average Bonchev–Trinajstić information content (AvgIpc) is 3.17. The van der Waals surface area contributed by atoms with Gasteiger partial charge in [0.25, 0.3) is 0 Å². The number of phosphoric ester groups is 1. The molecule has 330 valence electrons. The lowest BCUT2D eigenvalue weighted by Gasteiger charge is -2.20. The van der Waals surface area contributed by atoms with Gasteiger partial charge in [-0.15, -0.1) is 0 Å². The van der Waals surface area contributed by atoms with Crippen molar-refractivity contribution in [1.82, 2.24) is 0 Å². The van der Waals surface area contributed by atoms with Crippen LogP contribution in [0, 0.1) is 0 Å². The molecule has 4 N–H and O–H groups in total. The van der Waals surface area contributed by atoms with Crippen molar-refractivity contribution in [3.05, 3.63) is 12.2 Å². The molecule has 0 aliphatic rings. The number of unbranched alkanes of at least 4 members (excludes halogenated alkanes) is 27. The number of ether oxygens (including phenoxy) is 2. The van der Waals surface area contributed by atoms with Crippen LogP contribution in [-0.4, -0.2) is 59.9 Å². The zero-order valence-electron chi connectivity index (χ0n) is 35.7. The van der Waals surface area contributed by atoms with Crippen molar-refractivity contribution in [2.75, 3.05) is 19.8 Å². The molecule has 0 saturated heterocycles. The number of rotatable bonds is 43. The van der Waals surface area contributed by atoms with Crippen LogP contribution < -0.4 is 5.73 Å². The van der Waals surface area contributed by atoms with E-state index in [-0.39, 0.29) is 19.4 Å². The van der Waals surface area contributed by atoms with E-state index in [9.17, 15) is 23.8 Å². The van der Waals surface area contributed by atoms with Crippen LogP contribution in [-0.2, 0) is 37.5 Å². The molecule has 0 fully saturated rings. The van der Waals surface area contributed by atoms with Gasteiger partial charge in [0.1, 0.15) is 12.6 Å². The Hall–Kier alpha value is -1.78. The van der Waals surface area contributed by atoms with Crippen LogP contribution in [0.1, 0.15) is 219 Å². The van der Waals surface area contributed by atoms with E-state index in [1.54, 1.807) is 0 Å². The summed E-state index contributed by atoms with van der Waals surface area (Å²) in [7, 11) is -4.71. The summed E-state index contributed by atoms with van der Waals surface area (Å²) in [5.41, 5.74) is 5.34.